The molecule has 12 heteroatoms. The first-order chi connectivity index (χ1) is 15.7. The fourth-order valence-electron chi connectivity index (χ4n) is 3.91. The van der Waals surface area contributed by atoms with Crippen LogP contribution in [0.4, 0.5) is 16.2 Å². The van der Waals surface area contributed by atoms with Crippen molar-refractivity contribution in [2.24, 2.45) is 0 Å². The van der Waals surface area contributed by atoms with Crippen molar-refractivity contribution >= 4 is 58.4 Å². The third kappa shape index (κ3) is 5.26. The fraction of sp³-hybridized carbons (Fsp3) is 0.429. The van der Waals surface area contributed by atoms with E-state index in [4.69, 9.17) is 34.8 Å². The van der Waals surface area contributed by atoms with E-state index in [0.717, 1.165) is 0 Å². The number of piperazine rings is 1. The molecule has 2 N–H and O–H groups in total. The minimum atomic E-state index is -0.566. The number of aromatic nitrogens is 2. The Kier molecular flexibility index (Phi) is 7.11. The van der Waals surface area contributed by atoms with Gasteiger partial charge in [0, 0.05) is 37.6 Å². The smallest absolute Gasteiger partial charge is 0.245 e. The van der Waals surface area contributed by atoms with Gasteiger partial charge in [-0.1, -0.05) is 34.8 Å². The Morgan fingerprint density at radius 3 is 2.58 bits per heavy atom. The molecule has 8 nitrogen and oxygen atoms in total. The van der Waals surface area contributed by atoms with E-state index in [1.54, 1.807) is 11.8 Å². The average molecular weight is 516 g/mol. The minimum Gasteiger partial charge on any atom is -0.362 e. The summed E-state index contributed by atoms with van der Waals surface area (Å²) >= 11 is 18.3. The van der Waals surface area contributed by atoms with E-state index in [-0.39, 0.29) is 16.8 Å². The lowest BCUT2D eigenvalue weighted by molar-refractivity contribution is -0.134. The summed E-state index contributed by atoms with van der Waals surface area (Å²) in [5, 5.41) is 6.45. The largest absolute Gasteiger partial charge is 0.362 e. The van der Waals surface area contributed by atoms with Crippen molar-refractivity contribution in [2.45, 2.75) is 31.8 Å². The first-order valence-corrected chi connectivity index (χ1v) is 11.6. The number of carbonyl (C=O) groups is 2. The van der Waals surface area contributed by atoms with Crippen molar-refractivity contribution in [3.63, 3.8) is 0 Å². The SMILES string of the molecule is CC(Nc1nc(N2CCN(C(=O)[C@H]3CCC(=O)N3)CC2)ncc1Cl)c1cc(F)c(Cl)cc1Cl. The number of rotatable bonds is 5. The van der Waals surface area contributed by atoms with Crippen LogP contribution in [-0.2, 0) is 9.59 Å². The molecule has 0 saturated carbocycles. The summed E-state index contributed by atoms with van der Waals surface area (Å²) < 4.78 is 13.9. The van der Waals surface area contributed by atoms with E-state index in [1.165, 1.54) is 18.3 Å². The molecule has 2 saturated heterocycles. The van der Waals surface area contributed by atoms with Crippen molar-refractivity contribution in [1.29, 1.82) is 0 Å². The Bertz CT molecular complexity index is 1080. The van der Waals surface area contributed by atoms with E-state index >= 15 is 0 Å². The minimum absolute atomic E-state index is 0.0498. The number of anilines is 2. The monoisotopic (exact) mass is 514 g/mol. The van der Waals surface area contributed by atoms with Crippen molar-refractivity contribution in [2.75, 3.05) is 36.4 Å². The van der Waals surface area contributed by atoms with Crippen LogP contribution < -0.4 is 15.5 Å². The van der Waals surface area contributed by atoms with Gasteiger partial charge in [0.2, 0.25) is 17.8 Å². The number of nitrogens with zero attached hydrogens (tertiary/aromatic N) is 4. The van der Waals surface area contributed by atoms with Gasteiger partial charge < -0.3 is 20.4 Å². The van der Waals surface area contributed by atoms with Crippen LogP contribution in [0.5, 0.6) is 0 Å². The van der Waals surface area contributed by atoms with Gasteiger partial charge in [-0.3, -0.25) is 9.59 Å². The first-order valence-electron chi connectivity index (χ1n) is 10.5. The number of hydrogen-bond donors (Lipinski definition) is 2. The summed E-state index contributed by atoms with van der Waals surface area (Å²) in [5.41, 5.74) is 0.515. The Balaban J connectivity index is 1.42. The normalized spacial score (nSPS) is 19.4. The van der Waals surface area contributed by atoms with Gasteiger partial charge in [0.25, 0.3) is 0 Å². The molecule has 0 spiro atoms. The second-order valence-electron chi connectivity index (χ2n) is 7.99. The topological polar surface area (TPSA) is 90.5 Å². The Labute approximate surface area is 205 Å². The lowest BCUT2D eigenvalue weighted by Gasteiger charge is -2.36. The van der Waals surface area contributed by atoms with Crippen LogP contribution in [0.15, 0.2) is 18.3 Å². The highest BCUT2D eigenvalue weighted by Gasteiger charge is 2.32. The van der Waals surface area contributed by atoms with Crippen molar-refractivity contribution in [1.82, 2.24) is 20.2 Å². The van der Waals surface area contributed by atoms with Crippen molar-refractivity contribution < 1.29 is 14.0 Å². The molecule has 2 atom stereocenters. The molecule has 2 aliphatic heterocycles. The Hall–Kier alpha value is -2.36. The second kappa shape index (κ2) is 9.87. The third-order valence-electron chi connectivity index (χ3n) is 5.76. The maximum absolute atomic E-state index is 13.9. The van der Waals surface area contributed by atoms with Crippen LogP contribution in [0.1, 0.15) is 31.4 Å². The molecule has 4 rings (SSSR count). The summed E-state index contributed by atoms with van der Waals surface area (Å²) in [6, 6.07) is 1.80. The maximum atomic E-state index is 13.9. The quantitative estimate of drug-likeness (QED) is 0.591. The maximum Gasteiger partial charge on any atom is 0.245 e. The van der Waals surface area contributed by atoms with Crippen molar-refractivity contribution in [3.8, 4) is 0 Å². The molecule has 33 heavy (non-hydrogen) atoms. The second-order valence-corrected chi connectivity index (χ2v) is 9.21. The van der Waals surface area contributed by atoms with E-state index < -0.39 is 17.9 Å². The van der Waals surface area contributed by atoms with Gasteiger partial charge in [-0.15, -0.1) is 0 Å². The zero-order valence-corrected chi connectivity index (χ0v) is 20.0. The molecule has 2 aliphatic rings. The van der Waals surface area contributed by atoms with Gasteiger partial charge >= 0.3 is 0 Å². The molecule has 2 fully saturated rings. The molecule has 1 unspecified atom stereocenters. The van der Waals surface area contributed by atoms with Crippen LogP contribution in [-0.4, -0.2) is 58.9 Å². The zero-order valence-electron chi connectivity index (χ0n) is 17.7. The van der Waals surface area contributed by atoms with Gasteiger partial charge in [-0.05, 0) is 31.0 Å². The number of carbonyl (C=O) groups excluding carboxylic acids is 2. The van der Waals surface area contributed by atoms with Gasteiger partial charge in [-0.25, -0.2) is 9.37 Å². The van der Waals surface area contributed by atoms with E-state index in [1.807, 2.05) is 4.90 Å². The van der Waals surface area contributed by atoms with E-state index in [2.05, 4.69) is 20.6 Å². The summed E-state index contributed by atoms with van der Waals surface area (Å²) in [5.74, 6) is 0.138. The third-order valence-corrected chi connectivity index (χ3v) is 6.65. The fourth-order valence-corrected chi connectivity index (χ4v) is 4.60. The zero-order chi connectivity index (χ0) is 23.7. The highest BCUT2D eigenvalue weighted by molar-refractivity contribution is 6.35. The van der Waals surface area contributed by atoms with E-state index in [0.29, 0.717) is 66.4 Å². The molecule has 2 amide bonds. The summed E-state index contributed by atoms with van der Waals surface area (Å²) in [6.07, 6.45) is 2.42. The average Bonchev–Trinajstić information content (AvgIpc) is 3.23. The Morgan fingerprint density at radius 2 is 1.91 bits per heavy atom. The van der Waals surface area contributed by atoms with E-state index in [9.17, 15) is 14.0 Å². The predicted molar refractivity (Wildman–Crippen MR) is 125 cm³/mol. The summed E-state index contributed by atoms with van der Waals surface area (Å²) in [6.45, 7) is 3.87. The van der Waals surface area contributed by atoms with Gasteiger partial charge in [0.15, 0.2) is 5.82 Å². The van der Waals surface area contributed by atoms with Crippen LogP contribution in [0, 0.1) is 5.82 Å². The number of nitrogens with one attached hydrogen (secondary N) is 2. The lowest BCUT2D eigenvalue weighted by atomic mass is 10.1. The molecule has 176 valence electrons. The van der Waals surface area contributed by atoms with Crippen LogP contribution in [0.3, 0.4) is 0 Å². The molecular formula is C21H22Cl3FN6O2. The van der Waals surface area contributed by atoms with Gasteiger partial charge in [-0.2, -0.15) is 4.98 Å². The number of hydrogen-bond acceptors (Lipinski definition) is 6. The predicted octanol–water partition coefficient (Wildman–Crippen LogP) is 3.68. The summed E-state index contributed by atoms with van der Waals surface area (Å²) in [4.78, 5) is 36.6. The Morgan fingerprint density at radius 1 is 1.18 bits per heavy atom. The van der Waals surface area contributed by atoms with Crippen LogP contribution in [0.25, 0.3) is 0 Å². The van der Waals surface area contributed by atoms with Gasteiger partial charge in [0.1, 0.15) is 16.9 Å². The van der Waals surface area contributed by atoms with Crippen LogP contribution >= 0.6 is 34.8 Å². The van der Waals surface area contributed by atoms with Crippen molar-refractivity contribution in [3.05, 3.63) is 44.8 Å². The number of amides is 2. The lowest BCUT2D eigenvalue weighted by Crippen LogP contribution is -2.53. The summed E-state index contributed by atoms with van der Waals surface area (Å²) in [7, 11) is 0. The molecule has 1 aromatic heterocycles. The molecule has 3 heterocycles. The van der Waals surface area contributed by atoms with Crippen LogP contribution in [0.2, 0.25) is 15.1 Å². The standard InChI is InChI=1S/C21H22Cl3FN6O2/c1-11(12-8-16(25)14(23)9-13(12)22)27-19-15(24)10-26-21(29-19)31-6-4-30(5-7-31)20(33)17-2-3-18(32)28-17/h8-11,17H,2-7H2,1H3,(H,28,32)(H,26,27,29)/t11?,17-/m1/s1. The highest BCUT2D eigenvalue weighted by Crippen LogP contribution is 2.32. The first kappa shape index (κ1) is 23.8. The molecule has 1 aromatic carbocycles. The molecular weight excluding hydrogens is 494 g/mol. The molecule has 2 aromatic rings. The number of benzene rings is 1. The molecule has 0 bridgehead atoms. The van der Waals surface area contributed by atoms with Gasteiger partial charge in [0.05, 0.1) is 17.3 Å². The molecule has 0 aliphatic carbocycles. The number of halogens is 4. The highest BCUT2D eigenvalue weighted by atomic mass is 35.5. The molecule has 0 radical (unpaired) electrons.